The van der Waals surface area contributed by atoms with Crippen molar-refractivity contribution >= 4 is 34.2 Å². The number of benzene rings is 1. The van der Waals surface area contributed by atoms with Gasteiger partial charge in [0.15, 0.2) is 0 Å². The van der Waals surface area contributed by atoms with Gasteiger partial charge in [0, 0.05) is 21.3 Å². The molecule has 0 aliphatic rings. The summed E-state index contributed by atoms with van der Waals surface area (Å²) in [5.41, 5.74) is 10.4. The Bertz CT molecular complexity index is 332. The van der Waals surface area contributed by atoms with Crippen LogP contribution >= 0.6 is 34.2 Å². The van der Waals surface area contributed by atoms with Crippen molar-refractivity contribution < 1.29 is 0 Å². The molecule has 0 radical (unpaired) electrons. The van der Waals surface area contributed by atoms with Crippen LogP contribution in [0.4, 0.5) is 0 Å². The van der Waals surface area contributed by atoms with Crippen molar-refractivity contribution in [1.82, 2.24) is 0 Å². The molecular formula is C9H9ClIN3. The molecular weight excluding hydrogens is 312 g/mol. The number of azide groups is 1. The predicted molar refractivity (Wildman–Crippen MR) is 66.8 cm³/mol. The molecule has 0 N–H and O–H groups in total. The molecule has 0 spiro atoms. The third-order valence-corrected chi connectivity index (χ3v) is 3.22. The Balaban J connectivity index is 2.70. The van der Waals surface area contributed by atoms with E-state index in [9.17, 15) is 0 Å². The van der Waals surface area contributed by atoms with Gasteiger partial charge in [-0.1, -0.05) is 52.0 Å². The highest BCUT2D eigenvalue weighted by Gasteiger charge is 2.04. The van der Waals surface area contributed by atoms with Crippen LogP contribution in [0.2, 0.25) is 0 Å². The summed E-state index contributed by atoms with van der Waals surface area (Å²) in [6.45, 7) is 0.483. The quantitative estimate of drug-likeness (QED) is 0.262. The van der Waals surface area contributed by atoms with E-state index >= 15 is 0 Å². The summed E-state index contributed by atoms with van der Waals surface area (Å²) < 4.78 is 0.230. The second-order valence-corrected chi connectivity index (χ2v) is 4.53. The second kappa shape index (κ2) is 6.11. The van der Waals surface area contributed by atoms with Gasteiger partial charge in [-0.3, -0.25) is 0 Å². The number of hydrogen-bond donors (Lipinski definition) is 0. The highest BCUT2D eigenvalue weighted by molar-refractivity contribution is 14.1. The summed E-state index contributed by atoms with van der Waals surface area (Å²) in [5.74, 6) is 0.530. The molecule has 0 heterocycles. The average Bonchev–Trinajstić information content (AvgIpc) is 2.26. The van der Waals surface area contributed by atoms with Crippen LogP contribution in [0.3, 0.4) is 0 Å². The van der Waals surface area contributed by atoms with Crippen LogP contribution < -0.4 is 0 Å². The molecule has 0 aromatic heterocycles. The standard InChI is InChI=1S/C9H9ClIN3/c10-5-7-1-3-8(4-2-7)9(11)6-13-14-12/h1-4,9H,5-6H2. The molecule has 1 atom stereocenters. The SMILES string of the molecule is [N-]=[N+]=NCC(I)c1ccc(CCl)cc1. The predicted octanol–water partition coefficient (Wildman–Crippen LogP) is 4.21. The maximum Gasteiger partial charge on any atom is 0.0474 e. The summed E-state index contributed by atoms with van der Waals surface area (Å²) in [6, 6.07) is 8.01. The van der Waals surface area contributed by atoms with E-state index in [1.807, 2.05) is 24.3 Å². The highest BCUT2D eigenvalue weighted by Crippen LogP contribution is 2.24. The molecule has 74 valence electrons. The maximum absolute atomic E-state index is 8.18. The smallest absolute Gasteiger partial charge is 0.0474 e. The molecule has 0 saturated carbocycles. The molecule has 1 unspecified atom stereocenters. The van der Waals surface area contributed by atoms with Gasteiger partial charge in [-0.15, -0.1) is 11.6 Å². The lowest BCUT2D eigenvalue weighted by Crippen LogP contribution is -1.93. The van der Waals surface area contributed by atoms with Crippen molar-refractivity contribution in [2.45, 2.75) is 9.80 Å². The van der Waals surface area contributed by atoms with Crippen molar-refractivity contribution in [1.29, 1.82) is 0 Å². The number of halogens is 2. The summed E-state index contributed by atoms with van der Waals surface area (Å²) in [5, 5.41) is 3.54. The monoisotopic (exact) mass is 321 g/mol. The second-order valence-electron chi connectivity index (χ2n) is 2.76. The van der Waals surface area contributed by atoms with E-state index in [1.165, 1.54) is 0 Å². The van der Waals surface area contributed by atoms with Gasteiger partial charge in [0.05, 0.1) is 0 Å². The van der Waals surface area contributed by atoms with Gasteiger partial charge in [-0.25, -0.2) is 0 Å². The Morgan fingerprint density at radius 3 is 2.57 bits per heavy atom. The topological polar surface area (TPSA) is 48.8 Å². The lowest BCUT2D eigenvalue weighted by molar-refractivity contribution is 0.961. The minimum Gasteiger partial charge on any atom is -0.122 e. The van der Waals surface area contributed by atoms with Crippen LogP contribution in [0, 0.1) is 0 Å². The van der Waals surface area contributed by atoms with E-state index in [2.05, 4.69) is 32.6 Å². The van der Waals surface area contributed by atoms with E-state index in [0.717, 1.165) is 11.1 Å². The first-order chi connectivity index (χ1) is 6.77. The van der Waals surface area contributed by atoms with Crippen molar-refractivity contribution in [3.8, 4) is 0 Å². The fraction of sp³-hybridized carbons (Fsp3) is 0.333. The van der Waals surface area contributed by atoms with Crippen LogP contribution in [-0.2, 0) is 5.88 Å². The molecule has 1 aromatic carbocycles. The van der Waals surface area contributed by atoms with Gasteiger partial charge in [-0.2, -0.15) is 0 Å². The molecule has 0 saturated heterocycles. The van der Waals surface area contributed by atoms with E-state index in [-0.39, 0.29) is 3.92 Å². The fourth-order valence-corrected chi connectivity index (χ4v) is 1.80. The number of alkyl halides is 2. The maximum atomic E-state index is 8.18. The first-order valence-electron chi connectivity index (χ1n) is 4.07. The molecule has 0 aliphatic heterocycles. The van der Waals surface area contributed by atoms with Gasteiger partial charge >= 0.3 is 0 Å². The van der Waals surface area contributed by atoms with Crippen LogP contribution in [0.5, 0.6) is 0 Å². The van der Waals surface area contributed by atoms with E-state index < -0.39 is 0 Å². The van der Waals surface area contributed by atoms with Crippen molar-refractivity contribution in [2.75, 3.05) is 6.54 Å². The largest absolute Gasteiger partial charge is 0.122 e. The Kier molecular flexibility index (Phi) is 5.07. The van der Waals surface area contributed by atoms with Gasteiger partial charge in [0.2, 0.25) is 0 Å². The molecule has 3 nitrogen and oxygen atoms in total. The Labute approximate surface area is 101 Å². The number of rotatable bonds is 4. The molecule has 1 aromatic rings. The molecule has 0 aliphatic carbocycles. The molecule has 0 amide bonds. The van der Waals surface area contributed by atoms with Crippen molar-refractivity contribution in [3.63, 3.8) is 0 Å². The third kappa shape index (κ3) is 3.36. The third-order valence-electron chi connectivity index (χ3n) is 1.80. The molecule has 5 heteroatoms. The zero-order chi connectivity index (χ0) is 10.4. The number of hydrogen-bond acceptors (Lipinski definition) is 1. The first kappa shape index (κ1) is 11.6. The summed E-state index contributed by atoms with van der Waals surface area (Å²) in [7, 11) is 0. The van der Waals surface area contributed by atoms with Crippen LogP contribution in [0.15, 0.2) is 29.4 Å². The fourth-order valence-electron chi connectivity index (χ4n) is 1.03. The van der Waals surface area contributed by atoms with E-state index in [1.54, 1.807) is 0 Å². The lowest BCUT2D eigenvalue weighted by Gasteiger charge is -2.06. The minimum absolute atomic E-state index is 0.230. The molecule has 0 bridgehead atoms. The highest BCUT2D eigenvalue weighted by atomic mass is 127. The van der Waals surface area contributed by atoms with Gasteiger partial charge in [-0.05, 0) is 16.7 Å². The average molecular weight is 322 g/mol. The first-order valence-corrected chi connectivity index (χ1v) is 5.85. The summed E-state index contributed by atoms with van der Waals surface area (Å²) in [6.07, 6.45) is 0. The van der Waals surface area contributed by atoms with Crippen LogP contribution in [0.1, 0.15) is 15.1 Å². The molecule has 14 heavy (non-hydrogen) atoms. The van der Waals surface area contributed by atoms with Gasteiger partial charge in [0.25, 0.3) is 0 Å². The molecule has 0 fully saturated rings. The van der Waals surface area contributed by atoms with Gasteiger partial charge in [0.1, 0.15) is 0 Å². The van der Waals surface area contributed by atoms with Crippen LogP contribution in [-0.4, -0.2) is 6.54 Å². The summed E-state index contributed by atoms with van der Waals surface area (Å²) in [4.78, 5) is 2.73. The zero-order valence-electron chi connectivity index (χ0n) is 7.40. The van der Waals surface area contributed by atoms with Gasteiger partial charge < -0.3 is 0 Å². The Morgan fingerprint density at radius 1 is 1.43 bits per heavy atom. The lowest BCUT2D eigenvalue weighted by atomic mass is 10.1. The summed E-state index contributed by atoms with van der Waals surface area (Å²) >= 11 is 7.93. The normalized spacial score (nSPS) is 11.9. The minimum atomic E-state index is 0.230. The van der Waals surface area contributed by atoms with Crippen molar-refractivity contribution in [2.24, 2.45) is 5.11 Å². The number of nitrogens with zero attached hydrogens (tertiary/aromatic N) is 3. The van der Waals surface area contributed by atoms with Crippen LogP contribution in [0.25, 0.3) is 10.4 Å². The Hall–Kier alpha value is -0.450. The molecule has 1 rings (SSSR count). The van der Waals surface area contributed by atoms with E-state index in [4.69, 9.17) is 17.1 Å². The van der Waals surface area contributed by atoms with Crippen molar-refractivity contribution in [3.05, 3.63) is 45.8 Å². The zero-order valence-corrected chi connectivity index (χ0v) is 10.3. The van der Waals surface area contributed by atoms with E-state index in [0.29, 0.717) is 12.4 Å². The Morgan fingerprint density at radius 2 is 2.07 bits per heavy atom.